The number of amides is 1. The van der Waals surface area contributed by atoms with Gasteiger partial charge in [0, 0.05) is 24.6 Å². The van der Waals surface area contributed by atoms with E-state index in [1.165, 1.54) is 13.2 Å². The second-order valence-electron chi connectivity index (χ2n) is 11.8. The lowest BCUT2D eigenvalue weighted by Crippen LogP contribution is -2.41. The number of nitrogens with two attached hydrogens (primary N) is 1. The van der Waals surface area contributed by atoms with Gasteiger partial charge in [0.05, 0.1) is 13.2 Å². The van der Waals surface area contributed by atoms with Crippen molar-refractivity contribution in [1.29, 1.82) is 0 Å². The lowest BCUT2D eigenvalue weighted by Gasteiger charge is -2.29. The first-order valence-corrected chi connectivity index (χ1v) is 14.0. The van der Waals surface area contributed by atoms with Crippen LogP contribution in [0.2, 0.25) is 0 Å². The molecular weight excluding hydrogens is 480 g/mol. The van der Waals surface area contributed by atoms with Gasteiger partial charge in [-0.1, -0.05) is 67.0 Å². The van der Waals surface area contributed by atoms with E-state index in [-0.39, 0.29) is 29.8 Å². The molecule has 1 unspecified atom stereocenters. The van der Waals surface area contributed by atoms with Crippen molar-refractivity contribution in [2.45, 2.75) is 98.1 Å². The Labute approximate surface area is 230 Å². The van der Waals surface area contributed by atoms with Crippen molar-refractivity contribution < 1.29 is 24.2 Å². The minimum Gasteiger partial charge on any atom is -0.489 e. The van der Waals surface area contributed by atoms with E-state index in [0.717, 1.165) is 36.1 Å². The van der Waals surface area contributed by atoms with Crippen LogP contribution in [0.25, 0.3) is 0 Å². The van der Waals surface area contributed by atoms with E-state index in [2.05, 4.69) is 69.8 Å². The van der Waals surface area contributed by atoms with Crippen LogP contribution in [0.4, 0.5) is 0 Å². The Balaban J connectivity index is 2.91. The quantitative estimate of drug-likeness (QED) is 0.158. The molecule has 1 amide bonds. The Kier molecular flexibility index (Phi) is 14.7. The zero-order valence-corrected chi connectivity index (χ0v) is 24.9. The monoisotopic (exact) mass is 532 g/mol. The number of carbonyl (C=O) groups is 2. The van der Waals surface area contributed by atoms with Gasteiger partial charge in [-0.25, -0.2) is 4.79 Å². The molecule has 7 nitrogen and oxygen atoms in total. The lowest BCUT2D eigenvalue weighted by molar-refractivity contribution is -0.134. The summed E-state index contributed by atoms with van der Waals surface area (Å²) in [4.78, 5) is 23.7. The Morgan fingerprint density at radius 1 is 1.16 bits per heavy atom. The van der Waals surface area contributed by atoms with Crippen molar-refractivity contribution >= 4 is 11.9 Å². The number of hydrogen-bond donors (Lipinski definition) is 3. The molecule has 0 spiro atoms. The van der Waals surface area contributed by atoms with Gasteiger partial charge in [0.25, 0.3) is 0 Å². The van der Waals surface area contributed by atoms with Crippen LogP contribution in [-0.2, 0) is 26.2 Å². The molecule has 4 atom stereocenters. The molecule has 0 saturated heterocycles. The van der Waals surface area contributed by atoms with E-state index in [1.54, 1.807) is 6.08 Å². The summed E-state index contributed by atoms with van der Waals surface area (Å²) in [6, 6.07) is 5.91. The number of rotatable bonds is 16. The van der Waals surface area contributed by atoms with E-state index in [1.807, 2.05) is 6.92 Å². The molecule has 1 rings (SSSR count). The molecule has 216 valence electrons. The molecule has 38 heavy (non-hydrogen) atoms. The first-order chi connectivity index (χ1) is 17.8. The number of benzene rings is 1. The second kappa shape index (κ2) is 16.6. The molecule has 0 aliphatic carbocycles. The topological polar surface area (TPSA) is 111 Å². The number of nitrogens with one attached hydrogen (secondary N) is 1. The Bertz CT molecular complexity index is 891. The molecule has 0 aliphatic heterocycles. The number of unbranched alkanes of at least 4 members (excludes halogenated alkanes) is 1. The van der Waals surface area contributed by atoms with E-state index < -0.39 is 18.1 Å². The third kappa shape index (κ3) is 12.0. The van der Waals surface area contributed by atoms with Crippen molar-refractivity contribution in [3.63, 3.8) is 0 Å². The molecule has 0 fully saturated rings. The van der Waals surface area contributed by atoms with Gasteiger partial charge < -0.3 is 25.6 Å². The van der Waals surface area contributed by atoms with E-state index in [0.29, 0.717) is 25.3 Å². The van der Waals surface area contributed by atoms with Gasteiger partial charge in [-0.05, 0) is 66.2 Å². The molecule has 0 saturated carbocycles. The van der Waals surface area contributed by atoms with Crippen LogP contribution in [0.15, 0.2) is 30.4 Å². The molecule has 1 aromatic carbocycles. The van der Waals surface area contributed by atoms with Gasteiger partial charge in [0.2, 0.25) is 5.91 Å². The highest BCUT2D eigenvalue weighted by Crippen LogP contribution is 2.34. The maximum atomic E-state index is 12.3. The van der Waals surface area contributed by atoms with Crippen molar-refractivity contribution in [2.24, 2.45) is 23.5 Å². The molecule has 0 aromatic heterocycles. The molecule has 0 bridgehead atoms. The van der Waals surface area contributed by atoms with E-state index in [4.69, 9.17) is 10.5 Å². The fourth-order valence-corrected chi connectivity index (χ4v) is 4.39. The highest BCUT2D eigenvalue weighted by Gasteiger charge is 2.26. The van der Waals surface area contributed by atoms with Crippen molar-refractivity contribution in [3.8, 4) is 5.75 Å². The Morgan fingerprint density at radius 3 is 2.42 bits per heavy atom. The maximum absolute atomic E-state index is 12.3. The summed E-state index contributed by atoms with van der Waals surface area (Å²) in [5.41, 5.74) is 8.57. The summed E-state index contributed by atoms with van der Waals surface area (Å²) in [6.07, 6.45) is 6.03. The number of esters is 1. The minimum absolute atomic E-state index is 0.0296. The van der Waals surface area contributed by atoms with Crippen molar-refractivity contribution in [3.05, 3.63) is 41.5 Å². The van der Waals surface area contributed by atoms with Crippen LogP contribution in [0.1, 0.15) is 85.3 Å². The Hall–Kier alpha value is -2.38. The van der Waals surface area contributed by atoms with Gasteiger partial charge in [-0.2, -0.15) is 0 Å². The summed E-state index contributed by atoms with van der Waals surface area (Å²) in [6.45, 7) is 15.6. The third-order valence-electron chi connectivity index (χ3n) is 7.03. The van der Waals surface area contributed by atoms with E-state index in [9.17, 15) is 14.7 Å². The number of carbonyl (C=O) groups excluding carboxylic acids is 2. The Morgan fingerprint density at radius 2 is 1.84 bits per heavy atom. The summed E-state index contributed by atoms with van der Waals surface area (Å²) in [7, 11) is 1.34. The number of aliphatic hydroxyl groups excluding tert-OH is 1. The van der Waals surface area contributed by atoms with Gasteiger partial charge in [0.15, 0.2) is 0 Å². The molecule has 1 aromatic rings. The molecule has 0 radical (unpaired) electrons. The van der Waals surface area contributed by atoms with Crippen LogP contribution >= 0.6 is 0 Å². The molecule has 7 heteroatoms. The summed E-state index contributed by atoms with van der Waals surface area (Å²) in [5.74, 6) is 0.669. The SMILES string of the molecule is CCCCNC(=O)C(C)C[C@H](O)[C@@H](N)C[C@H](Cc1ccc(C(C)(C)C)c(OC/C=C/C(=O)OC)c1)C(C)C. The second-order valence-corrected chi connectivity index (χ2v) is 11.8. The average molecular weight is 533 g/mol. The van der Waals surface area contributed by atoms with Gasteiger partial charge in [-0.15, -0.1) is 0 Å². The number of ether oxygens (including phenoxy) is 2. The first kappa shape index (κ1) is 33.6. The smallest absolute Gasteiger partial charge is 0.330 e. The predicted molar refractivity (Wildman–Crippen MR) is 154 cm³/mol. The normalized spacial score (nSPS) is 15.2. The van der Waals surface area contributed by atoms with Gasteiger partial charge in [-0.3, -0.25) is 4.79 Å². The highest BCUT2D eigenvalue weighted by molar-refractivity contribution is 5.81. The van der Waals surface area contributed by atoms with Crippen LogP contribution in [0.5, 0.6) is 5.75 Å². The van der Waals surface area contributed by atoms with Gasteiger partial charge in [0.1, 0.15) is 12.4 Å². The van der Waals surface area contributed by atoms with Crippen molar-refractivity contribution in [1.82, 2.24) is 5.32 Å². The molecular formula is C31H52N2O5. The number of aliphatic hydroxyl groups is 1. The molecule has 4 N–H and O–H groups in total. The standard InChI is InChI=1S/C31H52N2O5/c1-9-10-15-33-30(36)22(4)17-27(34)26(32)20-24(21(2)3)18-23-13-14-25(31(5,6)7)28(19-23)38-16-11-12-29(35)37-8/h11-14,19,21-22,24,26-27,34H,9-10,15-18,20,32H2,1-8H3,(H,33,36)/b12-11+/t22?,24-,26-,27-/m0/s1. The van der Waals surface area contributed by atoms with Gasteiger partial charge >= 0.3 is 5.97 Å². The fourth-order valence-electron chi connectivity index (χ4n) is 4.39. The van der Waals surface area contributed by atoms with Crippen LogP contribution in [0, 0.1) is 17.8 Å². The molecule has 0 aliphatic rings. The zero-order chi connectivity index (χ0) is 28.9. The summed E-state index contributed by atoms with van der Waals surface area (Å²) >= 11 is 0. The maximum Gasteiger partial charge on any atom is 0.330 e. The minimum atomic E-state index is -0.744. The average Bonchev–Trinajstić information content (AvgIpc) is 2.85. The van der Waals surface area contributed by atoms with Crippen LogP contribution < -0.4 is 15.8 Å². The van der Waals surface area contributed by atoms with Crippen LogP contribution in [-0.4, -0.2) is 49.4 Å². The number of hydrogen-bond acceptors (Lipinski definition) is 6. The van der Waals surface area contributed by atoms with Crippen molar-refractivity contribution in [2.75, 3.05) is 20.3 Å². The van der Waals surface area contributed by atoms with Crippen LogP contribution in [0.3, 0.4) is 0 Å². The highest BCUT2D eigenvalue weighted by atomic mass is 16.5. The third-order valence-corrected chi connectivity index (χ3v) is 7.03. The number of methoxy groups -OCH3 is 1. The predicted octanol–water partition coefficient (Wildman–Crippen LogP) is 4.93. The summed E-state index contributed by atoms with van der Waals surface area (Å²) in [5, 5.41) is 13.7. The zero-order valence-electron chi connectivity index (χ0n) is 24.9. The summed E-state index contributed by atoms with van der Waals surface area (Å²) < 4.78 is 10.7. The van der Waals surface area contributed by atoms with E-state index >= 15 is 0 Å². The lowest BCUT2D eigenvalue weighted by atomic mass is 9.81. The fraction of sp³-hybridized carbons (Fsp3) is 0.677. The largest absolute Gasteiger partial charge is 0.489 e. The first-order valence-electron chi connectivity index (χ1n) is 14.0. The molecule has 0 heterocycles.